The van der Waals surface area contributed by atoms with Gasteiger partial charge in [0.15, 0.2) is 0 Å². The molecule has 18 heavy (non-hydrogen) atoms. The molecule has 0 aliphatic heterocycles. The molecule has 1 aromatic heterocycles. The van der Waals surface area contributed by atoms with Crippen molar-refractivity contribution in [1.82, 2.24) is 9.47 Å². The molecule has 1 unspecified atom stereocenters. The Morgan fingerprint density at radius 2 is 2.22 bits per heavy atom. The van der Waals surface area contributed by atoms with Crippen molar-refractivity contribution in [2.45, 2.75) is 18.9 Å². The summed E-state index contributed by atoms with van der Waals surface area (Å²) in [6.45, 7) is 0.340. The minimum atomic E-state index is -0.438. The first kappa shape index (κ1) is 12.8. The summed E-state index contributed by atoms with van der Waals surface area (Å²) in [5, 5.41) is 9.80. The lowest BCUT2D eigenvalue weighted by atomic mass is 10.2. The standard InChI is InChI=1S/C13H18N2O3/c1-14-7-10(5-6-12(14)17)13(18)15(2)8-11(16)9-3-4-9/h5-7,9,11,16H,3-4,8H2,1-2H3. The second-order valence-corrected chi connectivity index (χ2v) is 4.96. The summed E-state index contributed by atoms with van der Waals surface area (Å²) in [5.41, 5.74) is 0.315. The lowest BCUT2D eigenvalue weighted by Gasteiger charge is -2.20. The van der Waals surface area contributed by atoms with Crippen molar-refractivity contribution < 1.29 is 9.90 Å². The van der Waals surface area contributed by atoms with E-state index < -0.39 is 6.10 Å². The van der Waals surface area contributed by atoms with E-state index in [1.807, 2.05) is 0 Å². The summed E-state index contributed by atoms with van der Waals surface area (Å²) in [6, 6.07) is 2.89. The maximum Gasteiger partial charge on any atom is 0.255 e. The highest BCUT2D eigenvalue weighted by molar-refractivity contribution is 5.93. The van der Waals surface area contributed by atoms with Gasteiger partial charge in [-0.1, -0.05) is 0 Å². The zero-order chi connectivity index (χ0) is 13.3. The second-order valence-electron chi connectivity index (χ2n) is 4.96. The molecule has 1 atom stereocenters. The Kier molecular flexibility index (Phi) is 3.52. The molecule has 98 valence electrons. The van der Waals surface area contributed by atoms with Gasteiger partial charge in [-0.15, -0.1) is 0 Å². The predicted molar refractivity (Wildman–Crippen MR) is 67.4 cm³/mol. The molecular formula is C13H18N2O3. The zero-order valence-corrected chi connectivity index (χ0v) is 10.7. The van der Waals surface area contributed by atoms with E-state index in [1.54, 1.807) is 14.1 Å². The highest BCUT2D eigenvalue weighted by atomic mass is 16.3. The van der Waals surface area contributed by atoms with Crippen LogP contribution in [0.1, 0.15) is 23.2 Å². The number of aryl methyl sites for hydroxylation is 1. The Balaban J connectivity index is 2.04. The van der Waals surface area contributed by atoms with Crippen LogP contribution in [0.25, 0.3) is 0 Å². The molecule has 0 saturated heterocycles. The molecular weight excluding hydrogens is 232 g/mol. The van der Waals surface area contributed by atoms with Crippen molar-refractivity contribution >= 4 is 5.91 Å². The van der Waals surface area contributed by atoms with Crippen LogP contribution in [0.15, 0.2) is 23.1 Å². The molecule has 0 aromatic carbocycles. The molecule has 1 heterocycles. The summed E-state index contributed by atoms with van der Waals surface area (Å²) < 4.78 is 1.37. The van der Waals surface area contributed by atoms with Crippen LogP contribution in [0.4, 0.5) is 0 Å². The van der Waals surface area contributed by atoms with Crippen LogP contribution in [0.2, 0.25) is 0 Å². The fourth-order valence-corrected chi connectivity index (χ4v) is 1.93. The number of pyridine rings is 1. The highest BCUT2D eigenvalue weighted by Gasteiger charge is 2.31. The van der Waals surface area contributed by atoms with Crippen molar-refractivity contribution in [3.05, 3.63) is 34.2 Å². The Bertz CT molecular complexity index is 505. The predicted octanol–water partition coefficient (Wildman–Crippen LogP) is 0.228. The maximum absolute atomic E-state index is 12.1. The number of aromatic nitrogens is 1. The highest BCUT2D eigenvalue weighted by Crippen LogP contribution is 2.32. The third-order valence-corrected chi connectivity index (χ3v) is 3.31. The number of hydrogen-bond donors (Lipinski definition) is 1. The van der Waals surface area contributed by atoms with E-state index in [-0.39, 0.29) is 11.5 Å². The van der Waals surface area contributed by atoms with Crippen molar-refractivity contribution in [3.8, 4) is 0 Å². The van der Waals surface area contributed by atoms with Crippen LogP contribution in [-0.4, -0.2) is 40.2 Å². The van der Waals surface area contributed by atoms with Gasteiger partial charge in [-0.25, -0.2) is 0 Å². The minimum absolute atomic E-state index is 0.146. The van der Waals surface area contributed by atoms with Crippen molar-refractivity contribution in [3.63, 3.8) is 0 Å². The lowest BCUT2D eigenvalue weighted by Crippen LogP contribution is -2.35. The largest absolute Gasteiger partial charge is 0.391 e. The van der Waals surface area contributed by atoms with Gasteiger partial charge < -0.3 is 14.6 Å². The molecule has 1 fully saturated rings. The molecule has 1 saturated carbocycles. The number of rotatable bonds is 4. The van der Waals surface area contributed by atoms with Crippen molar-refractivity contribution in [1.29, 1.82) is 0 Å². The number of likely N-dealkylation sites (N-methyl/N-ethyl adjacent to an activating group) is 1. The Hall–Kier alpha value is -1.62. The number of nitrogens with zero attached hydrogens (tertiary/aromatic N) is 2. The molecule has 0 spiro atoms. The van der Waals surface area contributed by atoms with Gasteiger partial charge in [0.1, 0.15) is 0 Å². The molecule has 1 aromatic rings. The molecule has 0 bridgehead atoms. The SMILES string of the molecule is CN(CC(O)C1CC1)C(=O)c1ccc(=O)n(C)c1. The average Bonchev–Trinajstić information content (AvgIpc) is 3.15. The smallest absolute Gasteiger partial charge is 0.255 e. The maximum atomic E-state index is 12.1. The van der Waals surface area contributed by atoms with Crippen LogP contribution in [0.5, 0.6) is 0 Å². The molecule has 0 radical (unpaired) electrons. The zero-order valence-electron chi connectivity index (χ0n) is 10.7. The van der Waals surface area contributed by atoms with Gasteiger partial charge in [-0.2, -0.15) is 0 Å². The van der Waals surface area contributed by atoms with Crippen molar-refractivity contribution in [2.75, 3.05) is 13.6 Å². The second kappa shape index (κ2) is 4.94. The first-order valence-corrected chi connectivity index (χ1v) is 6.09. The first-order chi connectivity index (χ1) is 8.49. The summed E-state index contributed by atoms with van der Waals surface area (Å²) in [6.07, 6.45) is 3.17. The Morgan fingerprint density at radius 3 is 2.78 bits per heavy atom. The molecule has 5 nitrogen and oxygen atoms in total. The van der Waals surface area contributed by atoms with E-state index in [0.717, 1.165) is 12.8 Å². The van der Waals surface area contributed by atoms with Crippen LogP contribution >= 0.6 is 0 Å². The van der Waals surface area contributed by atoms with Gasteiger partial charge >= 0.3 is 0 Å². The number of amides is 1. The van der Waals surface area contributed by atoms with E-state index in [2.05, 4.69) is 0 Å². The fourth-order valence-electron chi connectivity index (χ4n) is 1.93. The number of aliphatic hydroxyl groups is 1. The number of carbonyl (C=O) groups excluding carboxylic acids is 1. The number of hydrogen-bond acceptors (Lipinski definition) is 3. The summed E-state index contributed by atoms with van der Waals surface area (Å²) >= 11 is 0. The molecule has 1 aliphatic rings. The third kappa shape index (κ3) is 2.79. The average molecular weight is 250 g/mol. The van der Waals surface area contributed by atoms with Gasteiger partial charge in [0, 0.05) is 32.9 Å². The van der Waals surface area contributed by atoms with Crippen molar-refractivity contribution in [2.24, 2.45) is 13.0 Å². The van der Waals surface area contributed by atoms with E-state index in [9.17, 15) is 14.7 Å². The van der Waals surface area contributed by atoms with Gasteiger partial charge in [-0.05, 0) is 24.8 Å². The Morgan fingerprint density at radius 1 is 1.56 bits per heavy atom. The van der Waals surface area contributed by atoms with Gasteiger partial charge in [0.05, 0.1) is 11.7 Å². The number of carbonyl (C=O) groups is 1. The quantitative estimate of drug-likeness (QED) is 0.832. The van der Waals surface area contributed by atoms with Crippen LogP contribution < -0.4 is 5.56 Å². The first-order valence-electron chi connectivity index (χ1n) is 6.09. The van der Waals surface area contributed by atoms with Crippen LogP contribution in [-0.2, 0) is 7.05 Å². The van der Waals surface area contributed by atoms with E-state index in [4.69, 9.17) is 0 Å². The normalized spacial score (nSPS) is 16.4. The van der Waals surface area contributed by atoms with E-state index in [1.165, 1.54) is 27.8 Å². The monoisotopic (exact) mass is 250 g/mol. The van der Waals surface area contributed by atoms with Gasteiger partial charge in [0.2, 0.25) is 5.56 Å². The van der Waals surface area contributed by atoms with Crippen LogP contribution in [0, 0.1) is 5.92 Å². The fraction of sp³-hybridized carbons (Fsp3) is 0.538. The molecule has 1 amide bonds. The van der Waals surface area contributed by atoms with E-state index in [0.29, 0.717) is 18.0 Å². The van der Waals surface area contributed by atoms with Gasteiger partial charge in [-0.3, -0.25) is 9.59 Å². The minimum Gasteiger partial charge on any atom is -0.391 e. The molecule has 1 aliphatic carbocycles. The Labute approximate surface area is 106 Å². The third-order valence-electron chi connectivity index (χ3n) is 3.31. The van der Waals surface area contributed by atoms with Crippen LogP contribution in [0.3, 0.4) is 0 Å². The summed E-state index contributed by atoms with van der Waals surface area (Å²) in [7, 11) is 3.27. The van der Waals surface area contributed by atoms with Gasteiger partial charge in [0.25, 0.3) is 5.91 Å². The summed E-state index contributed by atoms with van der Waals surface area (Å²) in [4.78, 5) is 24.8. The summed E-state index contributed by atoms with van der Waals surface area (Å²) in [5.74, 6) is 0.172. The lowest BCUT2D eigenvalue weighted by molar-refractivity contribution is 0.0644. The van der Waals surface area contributed by atoms with E-state index >= 15 is 0 Å². The molecule has 2 rings (SSSR count). The molecule has 5 heteroatoms. The topological polar surface area (TPSA) is 62.5 Å². The molecule has 1 N–H and O–H groups in total. The number of aliphatic hydroxyl groups excluding tert-OH is 1.